The Hall–Kier alpha value is -0.610. The largest absolute Gasteiger partial charge is 0.377 e. The van der Waals surface area contributed by atoms with Crippen LogP contribution < -0.4 is 5.32 Å². The van der Waals surface area contributed by atoms with Gasteiger partial charge in [-0.25, -0.2) is 0 Å². The van der Waals surface area contributed by atoms with Crippen LogP contribution in [0.5, 0.6) is 0 Å². The molecule has 4 heteroatoms. The Kier molecular flexibility index (Phi) is 10.5. The quantitative estimate of drug-likeness (QED) is 0.587. The van der Waals surface area contributed by atoms with E-state index in [4.69, 9.17) is 9.47 Å². The smallest absolute Gasteiger partial charge is 0.220 e. The summed E-state index contributed by atoms with van der Waals surface area (Å²) in [6.45, 7) is 8.40. The highest BCUT2D eigenvalue weighted by atomic mass is 16.5. The van der Waals surface area contributed by atoms with Crippen molar-refractivity contribution in [2.75, 3.05) is 26.4 Å². The molecule has 0 saturated heterocycles. The molecule has 0 aliphatic heterocycles. The van der Waals surface area contributed by atoms with Gasteiger partial charge in [-0.1, -0.05) is 13.3 Å². The van der Waals surface area contributed by atoms with Crippen LogP contribution in [-0.2, 0) is 14.3 Å². The summed E-state index contributed by atoms with van der Waals surface area (Å²) in [6.07, 6.45) is 2.87. The molecule has 16 heavy (non-hydrogen) atoms. The minimum absolute atomic E-state index is 0. The number of carbonyl (C=O) groups is 1. The fourth-order valence-electron chi connectivity index (χ4n) is 1.13. The molecule has 0 saturated carbocycles. The Bertz CT molecular complexity index is 177. The normalized spacial score (nSPS) is 10.8. The molecule has 98 valence electrons. The van der Waals surface area contributed by atoms with Crippen LogP contribution in [-0.4, -0.2) is 38.4 Å². The van der Waals surface area contributed by atoms with E-state index in [2.05, 4.69) is 12.2 Å². The third-order valence-corrected chi connectivity index (χ3v) is 2.00. The first-order chi connectivity index (χ1) is 7.66. The lowest BCUT2D eigenvalue weighted by atomic mass is 10.2. The number of nitrogens with one attached hydrogen (secondary N) is 1. The fraction of sp³-hybridized carbons (Fsp3) is 0.917. The maximum atomic E-state index is 11.2. The molecule has 0 atom stereocenters. The third kappa shape index (κ3) is 11.5. The van der Waals surface area contributed by atoms with E-state index in [1.54, 1.807) is 0 Å². The number of amides is 1. The van der Waals surface area contributed by atoms with Gasteiger partial charge < -0.3 is 14.8 Å². The number of hydrogen-bond acceptors (Lipinski definition) is 3. The zero-order valence-electron chi connectivity index (χ0n) is 10.8. The first-order valence-corrected chi connectivity index (χ1v) is 6.12. The number of rotatable bonds is 10. The molecule has 0 aliphatic rings. The van der Waals surface area contributed by atoms with Gasteiger partial charge in [0.05, 0.1) is 25.9 Å². The van der Waals surface area contributed by atoms with Crippen LogP contribution in [0.4, 0.5) is 0 Å². The van der Waals surface area contributed by atoms with E-state index in [0.29, 0.717) is 32.8 Å². The van der Waals surface area contributed by atoms with Crippen molar-refractivity contribution >= 4 is 5.91 Å². The van der Waals surface area contributed by atoms with Crippen LogP contribution in [0, 0.1) is 0 Å². The van der Waals surface area contributed by atoms with E-state index in [1.807, 2.05) is 13.8 Å². The minimum atomic E-state index is 0. The topological polar surface area (TPSA) is 47.6 Å². The Morgan fingerprint density at radius 2 is 2.06 bits per heavy atom. The van der Waals surface area contributed by atoms with Crippen LogP contribution in [0.15, 0.2) is 0 Å². The van der Waals surface area contributed by atoms with Crippen LogP contribution in [0.25, 0.3) is 0 Å². The standard InChI is InChI=1S/C12H25NO3.H2/c1-4-5-6-12(14)13-7-8-15-9-10-16-11(2)3;/h11H,4-10H2,1-3H3,(H,13,14);1H. The van der Waals surface area contributed by atoms with Gasteiger partial charge in [0.25, 0.3) is 0 Å². The van der Waals surface area contributed by atoms with Crippen molar-refractivity contribution in [1.29, 1.82) is 0 Å². The summed E-state index contributed by atoms with van der Waals surface area (Å²) in [5.74, 6) is 0.115. The molecule has 0 heterocycles. The van der Waals surface area contributed by atoms with Gasteiger partial charge in [0.1, 0.15) is 0 Å². The lowest BCUT2D eigenvalue weighted by molar-refractivity contribution is -0.121. The number of hydrogen-bond donors (Lipinski definition) is 1. The summed E-state index contributed by atoms with van der Waals surface area (Å²) in [5.41, 5.74) is 0. The third-order valence-electron chi connectivity index (χ3n) is 2.00. The van der Waals surface area contributed by atoms with Crippen molar-refractivity contribution in [3.63, 3.8) is 0 Å². The van der Waals surface area contributed by atoms with E-state index in [9.17, 15) is 4.79 Å². The van der Waals surface area contributed by atoms with E-state index >= 15 is 0 Å². The van der Waals surface area contributed by atoms with Gasteiger partial charge in [-0.3, -0.25) is 4.79 Å². The second kappa shape index (κ2) is 10.9. The summed E-state index contributed by atoms with van der Waals surface area (Å²) in [4.78, 5) is 11.2. The Morgan fingerprint density at radius 1 is 1.31 bits per heavy atom. The second-order valence-corrected chi connectivity index (χ2v) is 3.99. The molecular weight excluding hydrogens is 206 g/mol. The van der Waals surface area contributed by atoms with Crippen molar-refractivity contribution in [1.82, 2.24) is 5.32 Å². The highest BCUT2D eigenvalue weighted by molar-refractivity contribution is 5.75. The van der Waals surface area contributed by atoms with Gasteiger partial charge in [-0.2, -0.15) is 0 Å². The second-order valence-electron chi connectivity index (χ2n) is 3.99. The van der Waals surface area contributed by atoms with Gasteiger partial charge in [0, 0.05) is 14.4 Å². The lowest BCUT2D eigenvalue weighted by Crippen LogP contribution is -2.27. The first kappa shape index (κ1) is 15.4. The Balaban J connectivity index is 0. The van der Waals surface area contributed by atoms with Crippen LogP contribution in [0.3, 0.4) is 0 Å². The summed E-state index contributed by atoms with van der Waals surface area (Å²) in [6, 6.07) is 0. The first-order valence-electron chi connectivity index (χ1n) is 6.12. The van der Waals surface area contributed by atoms with E-state index in [-0.39, 0.29) is 13.4 Å². The summed E-state index contributed by atoms with van der Waals surface area (Å²) in [7, 11) is 0. The summed E-state index contributed by atoms with van der Waals surface area (Å²) >= 11 is 0. The van der Waals surface area contributed by atoms with Gasteiger partial charge >= 0.3 is 0 Å². The molecule has 0 aliphatic carbocycles. The van der Waals surface area contributed by atoms with E-state index in [1.165, 1.54) is 0 Å². The van der Waals surface area contributed by atoms with Gasteiger partial charge in [0.15, 0.2) is 0 Å². The molecule has 0 aromatic heterocycles. The minimum Gasteiger partial charge on any atom is -0.377 e. The van der Waals surface area contributed by atoms with E-state index in [0.717, 1.165) is 12.8 Å². The molecule has 0 rings (SSSR count). The van der Waals surface area contributed by atoms with Crippen molar-refractivity contribution in [2.45, 2.75) is 46.1 Å². The monoisotopic (exact) mass is 233 g/mol. The molecule has 0 radical (unpaired) electrons. The maximum absolute atomic E-state index is 11.2. The number of unbranched alkanes of at least 4 members (excludes halogenated alkanes) is 1. The van der Waals surface area contributed by atoms with Crippen molar-refractivity contribution in [2.24, 2.45) is 0 Å². The maximum Gasteiger partial charge on any atom is 0.220 e. The Labute approximate surface area is 100 Å². The molecule has 0 bridgehead atoms. The molecule has 0 spiro atoms. The van der Waals surface area contributed by atoms with Gasteiger partial charge in [-0.05, 0) is 20.3 Å². The zero-order chi connectivity index (χ0) is 12.2. The van der Waals surface area contributed by atoms with Crippen molar-refractivity contribution in [3.8, 4) is 0 Å². The fourth-order valence-corrected chi connectivity index (χ4v) is 1.13. The molecule has 1 N–H and O–H groups in total. The van der Waals surface area contributed by atoms with Crippen molar-refractivity contribution < 1.29 is 15.7 Å². The zero-order valence-corrected chi connectivity index (χ0v) is 10.8. The number of carbonyl (C=O) groups excluding carboxylic acids is 1. The molecule has 0 aromatic rings. The lowest BCUT2D eigenvalue weighted by Gasteiger charge is -2.08. The number of ether oxygens (including phenoxy) is 2. The average Bonchev–Trinajstić information content (AvgIpc) is 2.24. The van der Waals surface area contributed by atoms with Crippen molar-refractivity contribution in [3.05, 3.63) is 0 Å². The van der Waals surface area contributed by atoms with Crippen LogP contribution in [0.2, 0.25) is 0 Å². The predicted octanol–water partition coefficient (Wildman–Crippen LogP) is 1.98. The highest BCUT2D eigenvalue weighted by Crippen LogP contribution is 1.92. The van der Waals surface area contributed by atoms with Gasteiger partial charge in [-0.15, -0.1) is 0 Å². The molecule has 0 fully saturated rings. The molecule has 0 unspecified atom stereocenters. The summed E-state index contributed by atoms with van der Waals surface area (Å²) in [5, 5.41) is 2.81. The molecule has 0 aromatic carbocycles. The molecule has 4 nitrogen and oxygen atoms in total. The van der Waals surface area contributed by atoms with Gasteiger partial charge in [0.2, 0.25) is 5.91 Å². The Morgan fingerprint density at radius 3 is 2.69 bits per heavy atom. The average molecular weight is 233 g/mol. The summed E-state index contributed by atoms with van der Waals surface area (Å²) < 4.78 is 10.6. The van der Waals surface area contributed by atoms with Crippen LogP contribution >= 0.6 is 0 Å². The SMILES string of the molecule is CCCCC(=O)NCCOCCOC(C)C.[HH]. The predicted molar refractivity (Wildman–Crippen MR) is 66.6 cm³/mol. The highest BCUT2D eigenvalue weighted by Gasteiger charge is 1.98. The van der Waals surface area contributed by atoms with Crippen LogP contribution in [0.1, 0.15) is 41.5 Å². The van der Waals surface area contributed by atoms with E-state index < -0.39 is 0 Å². The molecule has 1 amide bonds. The molecular formula is C12H27NO3.